The third-order valence-corrected chi connectivity index (χ3v) is 6.87. The van der Waals surface area contributed by atoms with E-state index >= 15 is 0 Å². The minimum atomic E-state index is -0.898. The number of nitrogens with one attached hydrogen (secondary N) is 3. The van der Waals surface area contributed by atoms with E-state index in [0.717, 1.165) is 28.0 Å². The Kier molecular flexibility index (Phi) is 13.8. The van der Waals surface area contributed by atoms with E-state index in [9.17, 15) is 19.2 Å². The van der Waals surface area contributed by atoms with Gasteiger partial charge in [0.2, 0.25) is 11.8 Å². The molecule has 0 saturated heterocycles. The average molecular weight is 631 g/mol. The van der Waals surface area contributed by atoms with E-state index in [-0.39, 0.29) is 49.9 Å². The van der Waals surface area contributed by atoms with Crippen LogP contribution in [0, 0.1) is 0 Å². The summed E-state index contributed by atoms with van der Waals surface area (Å²) in [6, 6.07) is 23.3. The molecule has 0 aliphatic rings. The number of Topliss-reactive ketones (excluding diaryl/α,β-unsaturated/α-hetero) is 1. The Bertz CT molecular complexity index is 1420. The van der Waals surface area contributed by atoms with Crippen molar-refractivity contribution < 1.29 is 28.7 Å². The van der Waals surface area contributed by atoms with Gasteiger partial charge in [-0.25, -0.2) is 10.2 Å². The Morgan fingerprint density at radius 3 is 1.91 bits per heavy atom. The molecule has 3 rings (SSSR count). The second-order valence-electron chi connectivity index (χ2n) is 11.8. The summed E-state index contributed by atoms with van der Waals surface area (Å²) in [6.07, 6.45) is 0.0865. The molecule has 0 aromatic heterocycles. The summed E-state index contributed by atoms with van der Waals surface area (Å²) in [5, 5.41) is 6.98. The lowest BCUT2D eigenvalue weighted by Gasteiger charge is -2.31. The number of hydrazine groups is 1. The predicted molar refractivity (Wildman–Crippen MR) is 177 cm³/mol. The lowest BCUT2D eigenvalue weighted by Crippen LogP contribution is -2.57. The highest BCUT2D eigenvalue weighted by Gasteiger charge is 2.30. The van der Waals surface area contributed by atoms with E-state index in [1.807, 2.05) is 85.8 Å². The van der Waals surface area contributed by atoms with E-state index in [4.69, 9.17) is 9.47 Å². The summed E-state index contributed by atoms with van der Waals surface area (Å²) < 4.78 is 10.7. The SMILES string of the molecule is CCOc1ccc(CC(=O)CNN(C(=O)CC)[C@@H](Cc2ccccc2)C(=O)NCc2ccc(CNC(=O)OC(C)(C)C)cc2)cc1. The van der Waals surface area contributed by atoms with Gasteiger partial charge in [-0.15, -0.1) is 0 Å². The maximum Gasteiger partial charge on any atom is 0.407 e. The molecule has 0 saturated carbocycles. The molecule has 0 aliphatic carbocycles. The molecular weight excluding hydrogens is 584 g/mol. The van der Waals surface area contributed by atoms with Gasteiger partial charge in [-0.3, -0.25) is 19.4 Å². The molecule has 0 unspecified atom stereocenters. The molecule has 0 aliphatic heterocycles. The third-order valence-electron chi connectivity index (χ3n) is 6.87. The molecule has 3 N–H and O–H groups in total. The summed E-state index contributed by atoms with van der Waals surface area (Å²) in [5.41, 5.74) is 5.82. The van der Waals surface area contributed by atoms with Gasteiger partial charge in [0.15, 0.2) is 5.78 Å². The number of rotatable bonds is 16. The first-order valence-electron chi connectivity index (χ1n) is 15.6. The zero-order chi connectivity index (χ0) is 33.5. The van der Waals surface area contributed by atoms with Gasteiger partial charge in [0.25, 0.3) is 0 Å². The topological polar surface area (TPSA) is 126 Å². The van der Waals surface area contributed by atoms with Crippen LogP contribution < -0.4 is 20.8 Å². The van der Waals surface area contributed by atoms with Crippen molar-refractivity contribution in [3.63, 3.8) is 0 Å². The second-order valence-corrected chi connectivity index (χ2v) is 11.8. The number of hydrogen-bond acceptors (Lipinski definition) is 7. The maximum atomic E-state index is 13.7. The fourth-order valence-electron chi connectivity index (χ4n) is 4.59. The molecule has 3 amide bonds. The maximum absolute atomic E-state index is 13.7. The first kappa shape index (κ1) is 35.8. The van der Waals surface area contributed by atoms with Gasteiger partial charge < -0.3 is 20.1 Å². The molecule has 10 nitrogen and oxygen atoms in total. The van der Waals surface area contributed by atoms with Gasteiger partial charge in [-0.05, 0) is 62.1 Å². The van der Waals surface area contributed by atoms with Crippen LogP contribution in [0.15, 0.2) is 78.9 Å². The molecule has 10 heteroatoms. The highest BCUT2D eigenvalue weighted by Crippen LogP contribution is 2.14. The van der Waals surface area contributed by atoms with Gasteiger partial charge in [0.05, 0.1) is 13.2 Å². The molecule has 3 aromatic carbocycles. The summed E-state index contributed by atoms with van der Waals surface area (Å²) in [6.45, 7) is 10.0. The minimum Gasteiger partial charge on any atom is -0.494 e. The Labute approximate surface area is 271 Å². The number of amides is 3. The van der Waals surface area contributed by atoms with Gasteiger partial charge in [-0.2, -0.15) is 0 Å². The predicted octanol–water partition coefficient (Wildman–Crippen LogP) is 4.89. The van der Waals surface area contributed by atoms with Crippen molar-refractivity contribution in [2.75, 3.05) is 13.2 Å². The van der Waals surface area contributed by atoms with E-state index in [1.165, 1.54) is 5.01 Å². The van der Waals surface area contributed by atoms with Crippen LogP contribution in [-0.2, 0) is 45.1 Å². The number of hydrogen-bond donors (Lipinski definition) is 3. The highest BCUT2D eigenvalue weighted by molar-refractivity contribution is 5.88. The van der Waals surface area contributed by atoms with Crippen molar-refractivity contribution in [1.29, 1.82) is 0 Å². The zero-order valence-corrected chi connectivity index (χ0v) is 27.4. The van der Waals surface area contributed by atoms with E-state index in [2.05, 4.69) is 16.1 Å². The van der Waals surface area contributed by atoms with Gasteiger partial charge in [0.1, 0.15) is 17.4 Å². The highest BCUT2D eigenvalue weighted by atomic mass is 16.6. The summed E-state index contributed by atoms with van der Waals surface area (Å²) in [5.74, 6) is -0.0461. The number of carbonyl (C=O) groups is 4. The summed E-state index contributed by atoms with van der Waals surface area (Å²) >= 11 is 0. The molecule has 0 bridgehead atoms. The average Bonchev–Trinajstić information content (AvgIpc) is 3.03. The van der Waals surface area contributed by atoms with Gasteiger partial charge in [-0.1, -0.05) is 73.7 Å². The second kappa shape index (κ2) is 17.7. The Morgan fingerprint density at radius 1 is 0.761 bits per heavy atom. The van der Waals surface area contributed by atoms with Crippen LogP contribution in [0.4, 0.5) is 4.79 Å². The van der Waals surface area contributed by atoms with Crippen LogP contribution in [-0.4, -0.2) is 53.5 Å². The molecule has 0 heterocycles. The normalized spacial score (nSPS) is 11.7. The first-order valence-corrected chi connectivity index (χ1v) is 15.6. The number of ether oxygens (including phenoxy) is 2. The quantitative estimate of drug-likeness (QED) is 0.192. The van der Waals surface area contributed by atoms with Crippen LogP contribution in [0.3, 0.4) is 0 Å². The largest absolute Gasteiger partial charge is 0.494 e. The Morgan fingerprint density at radius 2 is 1.35 bits per heavy atom. The number of carbonyl (C=O) groups excluding carboxylic acids is 4. The van der Waals surface area contributed by atoms with Crippen LogP contribution in [0.5, 0.6) is 5.75 Å². The Balaban J connectivity index is 1.66. The molecule has 46 heavy (non-hydrogen) atoms. The third kappa shape index (κ3) is 12.4. The number of ketones is 1. The van der Waals surface area contributed by atoms with E-state index in [0.29, 0.717) is 13.2 Å². The monoisotopic (exact) mass is 630 g/mol. The first-order chi connectivity index (χ1) is 22.0. The van der Waals surface area contributed by atoms with Crippen molar-refractivity contribution in [3.05, 3.63) is 101 Å². The summed E-state index contributed by atoms with van der Waals surface area (Å²) in [7, 11) is 0. The van der Waals surface area contributed by atoms with Crippen molar-refractivity contribution in [2.24, 2.45) is 0 Å². The lowest BCUT2D eigenvalue weighted by atomic mass is 10.0. The van der Waals surface area contributed by atoms with Crippen molar-refractivity contribution in [2.45, 2.75) is 78.6 Å². The van der Waals surface area contributed by atoms with Crippen LogP contribution >= 0.6 is 0 Å². The van der Waals surface area contributed by atoms with Crippen LogP contribution in [0.2, 0.25) is 0 Å². The minimum absolute atomic E-state index is 0.115. The van der Waals surface area contributed by atoms with Gasteiger partial charge in [0, 0.05) is 32.4 Å². The van der Waals surface area contributed by atoms with Crippen molar-refractivity contribution >= 4 is 23.7 Å². The fourth-order valence-corrected chi connectivity index (χ4v) is 4.59. The molecule has 0 fully saturated rings. The molecule has 1 atom stereocenters. The zero-order valence-electron chi connectivity index (χ0n) is 27.4. The van der Waals surface area contributed by atoms with Crippen LogP contribution in [0.25, 0.3) is 0 Å². The number of benzene rings is 3. The van der Waals surface area contributed by atoms with Crippen molar-refractivity contribution in [1.82, 2.24) is 21.1 Å². The standard InChI is InChI=1S/C36H46N4O6/c1-6-33(42)40(39-25-30(41)21-27-17-19-31(20-18-27)45-7-2)32(22-26-11-9-8-10-12-26)34(43)37-23-28-13-15-29(16-14-28)24-38-35(44)46-36(3,4)5/h8-20,32,39H,6-7,21-25H2,1-5H3,(H,37,43)(H,38,44)/t32-/m0/s1. The number of nitrogens with zero attached hydrogens (tertiary/aromatic N) is 1. The Hall–Kier alpha value is -4.70. The molecular formula is C36H46N4O6. The van der Waals surface area contributed by atoms with Gasteiger partial charge >= 0.3 is 6.09 Å². The molecule has 0 radical (unpaired) electrons. The van der Waals surface area contributed by atoms with E-state index in [1.54, 1.807) is 27.7 Å². The molecule has 0 spiro atoms. The van der Waals surface area contributed by atoms with Crippen molar-refractivity contribution in [3.8, 4) is 5.75 Å². The summed E-state index contributed by atoms with van der Waals surface area (Å²) in [4.78, 5) is 51.7. The lowest BCUT2D eigenvalue weighted by molar-refractivity contribution is -0.144. The fraction of sp³-hybridized carbons (Fsp3) is 0.389. The molecule has 246 valence electrons. The molecule has 3 aromatic rings. The number of alkyl carbamates (subject to hydrolysis) is 1. The smallest absolute Gasteiger partial charge is 0.407 e. The van der Waals surface area contributed by atoms with Crippen LogP contribution in [0.1, 0.15) is 63.3 Å². The van der Waals surface area contributed by atoms with E-state index < -0.39 is 17.7 Å².